The Labute approximate surface area is 203 Å². The summed E-state index contributed by atoms with van der Waals surface area (Å²) in [6, 6.07) is 18.6. The Morgan fingerprint density at radius 1 is 0.971 bits per heavy atom. The van der Waals surface area contributed by atoms with E-state index in [1.807, 2.05) is 60.7 Å². The van der Waals surface area contributed by atoms with E-state index in [2.05, 4.69) is 6.08 Å². The van der Waals surface area contributed by atoms with Gasteiger partial charge in [-0.2, -0.15) is 5.10 Å². The maximum Gasteiger partial charge on any atom is 0.334 e. The number of likely N-dealkylation sites (N-methyl/N-ethyl adjacent to an activating group) is 1. The van der Waals surface area contributed by atoms with Crippen molar-refractivity contribution in [2.45, 2.75) is 32.2 Å². The SMILES string of the molecule is CCN1C(=O)C(=O)N(CC(=O)N2N=C3/C(=C/c4ccccc4)CCC[C@@H]3[C@@H]2c2ccccc2)C1=O. The summed E-state index contributed by atoms with van der Waals surface area (Å²) in [5.41, 5.74) is 3.96. The number of fused-ring (bicyclic) bond motifs is 1. The highest BCUT2D eigenvalue weighted by Gasteiger charge is 2.48. The zero-order chi connectivity index (χ0) is 24.5. The predicted molar refractivity (Wildman–Crippen MR) is 130 cm³/mol. The minimum absolute atomic E-state index is 0.00353. The first-order chi connectivity index (χ1) is 17.0. The number of hydrogen-bond acceptors (Lipinski definition) is 5. The fourth-order valence-electron chi connectivity index (χ4n) is 5.12. The van der Waals surface area contributed by atoms with Crippen molar-refractivity contribution in [1.82, 2.24) is 14.8 Å². The van der Waals surface area contributed by atoms with Crippen LogP contribution in [0.5, 0.6) is 0 Å². The number of imide groups is 2. The van der Waals surface area contributed by atoms with Crippen LogP contribution in [0.15, 0.2) is 71.3 Å². The van der Waals surface area contributed by atoms with Gasteiger partial charge in [-0.1, -0.05) is 60.7 Å². The quantitative estimate of drug-likeness (QED) is 0.493. The number of benzene rings is 2. The molecule has 5 amide bonds. The molecule has 2 fully saturated rings. The van der Waals surface area contributed by atoms with Crippen LogP contribution < -0.4 is 0 Å². The van der Waals surface area contributed by atoms with E-state index in [1.54, 1.807) is 6.92 Å². The van der Waals surface area contributed by atoms with Gasteiger partial charge in [0.05, 0.1) is 11.8 Å². The van der Waals surface area contributed by atoms with E-state index in [1.165, 1.54) is 5.01 Å². The van der Waals surface area contributed by atoms with Crippen molar-refractivity contribution in [2.75, 3.05) is 13.1 Å². The highest BCUT2D eigenvalue weighted by atomic mass is 16.2. The minimum atomic E-state index is -0.976. The van der Waals surface area contributed by atoms with Gasteiger partial charge in [-0.15, -0.1) is 0 Å². The molecule has 2 aromatic carbocycles. The smallest absolute Gasteiger partial charge is 0.271 e. The molecule has 2 atom stereocenters. The van der Waals surface area contributed by atoms with E-state index < -0.39 is 30.3 Å². The first-order valence-corrected chi connectivity index (χ1v) is 11.9. The molecule has 3 aliphatic rings. The molecule has 0 N–H and O–H groups in total. The molecule has 0 spiro atoms. The minimum Gasteiger partial charge on any atom is -0.271 e. The summed E-state index contributed by atoms with van der Waals surface area (Å²) < 4.78 is 0. The lowest BCUT2D eigenvalue weighted by Crippen LogP contribution is -2.42. The van der Waals surface area contributed by atoms with Crippen LogP contribution in [0, 0.1) is 5.92 Å². The van der Waals surface area contributed by atoms with Gasteiger partial charge in [-0.05, 0) is 49.0 Å². The first kappa shape index (κ1) is 22.7. The standard InChI is InChI=1S/C27H26N4O4/c1-2-29-25(33)26(34)30(27(29)35)17-22(32)31-24(19-12-7-4-8-13-19)21-15-9-14-20(23(21)28-31)16-18-10-5-3-6-11-18/h3-8,10-13,16,21,24H,2,9,14-15,17H2,1H3/b20-16+/t21-,24-/m0/s1. The van der Waals surface area contributed by atoms with Gasteiger partial charge >= 0.3 is 17.8 Å². The lowest BCUT2D eigenvalue weighted by Gasteiger charge is -2.30. The maximum absolute atomic E-state index is 13.5. The van der Waals surface area contributed by atoms with Crippen molar-refractivity contribution < 1.29 is 19.2 Å². The second kappa shape index (κ2) is 9.29. The molecule has 2 aromatic rings. The molecule has 1 aliphatic carbocycles. The van der Waals surface area contributed by atoms with Crippen LogP contribution >= 0.6 is 0 Å². The van der Waals surface area contributed by atoms with Crippen molar-refractivity contribution in [3.63, 3.8) is 0 Å². The zero-order valence-electron chi connectivity index (χ0n) is 19.5. The van der Waals surface area contributed by atoms with Gasteiger partial charge in [-0.25, -0.2) is 14.7 Å². The number of rotatable bonds is 5. The Morgan fingerprint density at radius 2 is 1.63 bits per heavy atom. The third-order valence-electron chi connectivity index (χ3n) is 6.78. The van der Waals surface area contributed by atoms with Crippen molar-refractivity contribution in [3.8, 4) is 0 Å². The summed E-state index contributed by atoms with van der Waals surface area (Å²) in [6.07, 6.45) is 4.82. The topological polar surface area (TPSA) is 90.4 Å². The van der Waals surface area contributed by atoms with Gasteiger partial charge in [0, 0.05) is 12.5 Å². The Balaban J connectivity index is 1.49. The molecule has 8 nitrogen and oxygen atoms in total. The summed E-state index contributed by atoms with van der Waals surface area (Å²) in [7, 11) is 0. The molecule has 8 heteroatoms. The summed E-state index contributed by atoms with van der Waals surface area (Å²) in [4.78, 5) is 52.2. The van der Waals surface area contributed by atoms with Gasteiger partial charge in [0.15, 0.2) is 0 Å². The van der Waals surface area contributed by atoms with E-state index in [0.29, 0.717) is 0 Å². The number of allylic oxidation sites excluding steroid dienone is 1. The van der Waals surface area contributed by atoms with Crippen LogP contribution in [-0.4, -0.2) is 57.4 Å². The molecule has 0 radical (unpaired) electrons. The number of urea groups is 1. The maximum atomic E-state index is 13.5. The lowest BCUT2D eigenvalue weighted by atomic mass is 9.77. The van der Waals surface area contributed by atoms with Crippen LogP contribution in [0.1, 0.15) is 43.4 Å². The number of carbonyl (C=O) groups is 4. The molecule has 5 rings (SSSR count). The third kappa shape index (κ3) is 4.05. The molecule has 2 heterocycles. The highest BCUT2D eigenvalue weighted by Crippen LogP contribution is 2.44. The van der Waals surface area contributed by atoms with Crippen LogP contribution in [0.2, 0.25) is 0 Å². The van der Waals surface area contributed by atoms with Crippen LogP contribution in [-0.2, 0) is 14.4 Å². The Kier molecular flexibility index (Phi) is 6.03. The number of carbonyl (C=O) groups excluding carboxylic acids is 4. The second-order valence-corrected chi connectivity index (χ2v) is 8.88. The van der Waals surface area contributed by atoms with Crippen LogP contribution in [0.25, 0.3) is 6.08 Å². The molecule has 178 valence electrons. The van der Waals surface area contributed by atoms with E-state index in [-0.39, 0.29) is 18.5 Å². The second-order valence-electron chi connectivity index (χ2n) is 8.88. The van der Waals surface area contributed by atoms with Crippen molar-refractivity contribution in [3.05, 3.63) is 77.4 Å². The largest absolute Gasteiger partial charge is 0.334 e. The fraction of sp³-hybridized carbons (Fsp3) is 0.296. The predicted octanol–water partition coefficient (Wildman–Crippen LogP) is 3.62. The van der Waals surface area contributed by atoms with Gasteiger partial charge in [0.2, 0.25) is 0 Å². The molecule has 1 saturated heterocycles. The van der Waals surface area contributed by atoms with Crippen molar-refractivity contribution in [1.29, 1.82) is 0 Å². The van der Waals surface area contributed by atoms with Gasteiger partial charge in [0.1, 0.15) is 6.54 Å². The fourth-order valence-corrected chi connectivity index (χ4v) is 5.12. The Hall–Kier alpha value is -4.07. The van der Waals surface area contributed by atoms with Crippen molar-refractivity contribution >= 4 is 35.5 Å². The summed E-state index contributed by atoms with van der Waals surface area (Å²) in [5.74, 6) is -2.37. The van der Waals surface area contributed by atoms with Crippen LogP contribution in [0.3, 0.4) is 0 Å². The van der Waals surface area contributed by atoms with E-state index in [4.69, 9.17) is 5.10 Å². The number of hydrogen-bond donors (Lipinski definition) is 0. The normalized spacial score (nSPS) is 23.2. The lowest BCUT2D eigenvalue weighted by molar-refractivity contribution is -0.145. The van der Waals surface area contributed by atoms with Gasteiger partial charge < -0.3 is 0 Å². The zero-order valence-corrected chi connectivity index (χ0v) is 19.5. The van der Waals surface area contributed by atoms with Crippen molar-refractivity contribution in [2.24, 2.45) is 11.0 Å². The van der Waals surface area contributed by atoms with Gasteiger partial charge in [0.25, 0.3) is 5.91 Å². The summed E-state index contributed by atoms with van der Waals surface area (Å²) in [5, 5.41) is 6.20. The first-order valence-electron chi connectivity index (χ1n) is 11.9. The Morgan fingerprint density at radius 3 is 2.29 bits per heavy atom. The van der Waals surface area contributed by atoms with E-state index >= 15 is 0 Å². The van der Waals surface area contributed by atoms with E-state index in [0.717, 1.165) is 51.5 Å². The monoisotopic (exact) mass is 470 g/mol. The average molecular weight is 471 g/mol. The molecular weight excluding hydrogens is 444 g/mol. The average Bonchev–Trinajstić information content (AvgIpc) is 3.37. The third-order valence-corrected chi connectivity index (χ3v) is 6.78. The molecule has 0 unspecified atom stereocenters. The molecule has 0 aromatic heterocycles. The Bertz CT molecular complexity index is 1240. The summed E-state index contributed by atoms with van der Waals surface area (Å²) in [6.45, 7) is 1.16. The molecule has 0 bridgehead atoms. The number of amides is 5. The van der Waals surface area contributed by atoms with Gasteiger partial charge in [-0.3, -0.25) is 19.3 Å². The van der Waals surface area contributed by atoms with E-state index in [9.17, 15) is 19.2 Å². The molecular formula is C27H26N4O4. The molecule has 1 saturated carbocycles. The number of nitrogens with zero attached hydrogens (tertiary/aromatic N) is 4. The number of hydrazone groups is 1. The van der Waals surface area contributed by atoms with Crippen LogP contribution in [0.4, 0.5) is 4.79 Å². The molecule has 2 aliphatic heterocycles. The summed E-state index contributed by atoms with van der Waals surface area (Å²) >= 11 is 0. The molecule has 35 heavy (non-hydrogen) atoms. The highest BCUT2D eigenvalue weighted by molar-refractivity contribution is 6.45.